The molecule has 2 amide bonds. The molecule has 0 atom stereocenters. The fourth-order valence-corrected chi connectivity index (χ4v) is 1.31. The Morgan fingerprint density at radius 2 is 1.85 bits per heavy atom. The molecular formula is C13H16F2N2O3. The molecule has 0 aliphatic carbocycles. The highest BCUT2D eigenvalue weighted by molar-refractivity contribution is 5.81. The number of amides is 2. The lowest BCUT2D eigenvalue weighted by molar-refractivity contribution is -0.121. The van der Waals surface area contributed by atoms with Gasteiger partial charge < -0.3 is 4.74 Å². The lowest BCUT2D eigenvalue weighted by atomic mass is 10.1. The summed E-state index contributed by atoms with van der Waals surface area (Å²) in [6.07, 6.45) is -1.16. The number of hydrogen-bond donors (Lipinski definition) is 2. The Kier molecular flexibility index (Phi) is 5.01. The van der Waals surface area contributed by atoms with E-state index in [1.54, 1.807) is 20.8 Å². The predicted molar refractivity (Wildman–Crippen MR) is 67.6 cm³/mol. The Bertz CT molecular complexity index is 513. The van der Waals surface area contributed by atoms with Gasteiger partial charge in [0.05, 0.1) is 6.42 Å². The number of rotatable bonds is 2. The average molecular weight is 286 g/mol. The minimum Gasteiger partial charge on any atom is -0.443 e. The van der Waals surface area contributed by atoms with Crippen LogP contribution in [0.4, 0.5) is 13.6 Å². The zero-order valence-electron chi connectivity index (χ0n) is 11.4. The van der Waals surface area contributed by atoms with Gasteiger partial charge in [-0.1, -0.05) is 6.07 Å². The molecule has 0 spiro atoms. The van der Waals surface area contributed by atoms with Gasteiger partial charge in [0.2, 0.25) is 5.91 Å². The molecule has 1 aromatic rings. The van der Waals surface area contributed by atoms with Crippen LogP contribution in [0, 0.1) is 11.6 Å². The number of benzene rings is 1. The average Bonchev–Trinajstić information content (AvgIpc) is 2.28. The van der Waals surface area contributed by atoms with Gasteiger partial charge in [0.25, 0.3) is 0 Å². The Morgan fingerprint density at radius 3 is 2.40 bits per heavy atom. The number of hydrazine groups is 1. The van der Waals surface area contributed by atoms with Crippen molar-refractivity contribution < 1.29 is 23.1 Å². The molecule has 0 saturated heterocycles. The lowest BCUT2D eigenvalue weighted by Gasteiger charge is -2.19. The third kappa shape index (κ3) is 5.64. The van der Waals surface area contributed by atoms with E-state index in [4.69, 9.17) is 4.74 Å². The highest BCUT2D eigenvalue weighted by Crippen LogP contribution is 2.10. The summed E-state index contributed by atoms with van der Waals surface area (Å²) in [5.74, 6) is -2.20. The van der Waals surface area contributed by atoms with Gasteiger partial charge in [0.15, 0.2) is 0 Å². The van der Waals surface area contributed by atoms with E-state index < -0.39 is 29.2 Å². The summed E-state index contributed by atoms with van der Waals surface area (Å²) in [4.78, 5) is 22.7. The number of ether oxygens (including phenoxy) is 1. The van der Waals surface area contributed by atoms with Gasteiger partial charge >= 0.3 is 6.09 Å². The van der Waals surface area contributed by atoms with Crippen molar-refractivity contribution in [2.75, 3.05) is 0 Å². The fraction of sp³-hybridized carbons (Fsp3) is 0.385. The van der Waals surface area contributed by atoms with Gasteiger partial charge in [-0.15, -0.1) is 0 Å². The second kappa shape index (κ2) is 6.31. The van der Waals surface area contributed by atoms with Crippen molar-refractivity contribution in [1.82, 2.24) is 10.9 Å². The van der Waals surface area contributed by atoms with Crippen molar-refractivity contribution in [3.8, 4) is 0 Å². The van der Waals surface area contributed by atoms with Crippen LogP contribution >= 0.6 is 0 Å². The van der Waals surface area contributed by atoms with Crippen molar-refractivity contribution in [2.24, 2.45) is 0 Å². The highest BCUT2D eigenvalue weighted by atomic mass is 19.1. The molecule has 0 aliphatic heterocycles. The Morgan fingerprint density at radius 1 is 1.20 bits per heavy atom. The van der Waals surface area contributed by atoms with Crippen molar-refractivity contribution in [3.05, 3.63) is 35.4 Å². The van der Waals surface area contributed by atoms with E-state index in [2.05, 4.69) is 5.43 Å². The van der Waals surface area contributed by atoms with Crippen molar-refractivity contribution >= 4 is 12.0 Å². The van der Waals surface area contributed by atoms with E-state index in [0.29, 0.717) is 6.07 Å². The summed E-state index contributed by atoms with van der Waals surface area (Å²) in [6, 6.07) is 2.90. The maximum atomic E-state index is 13.3. The third-order valence-corrected chi connectivity index (χ3v) is 2.07. The quantitative estimate of drug-likeness (QED) is 0.818. The minimum absolute atomic E-state index is 0.0230. The zero-order chi connectivity index (χ0) is 15.3. The predicted octanol–water partition coefficient (Wildman–Crippen LogP) is 2.06. The van der Waals surface area contributed by atoms with Gasteiger partial charge in [-0.05, 0) is 32.4 Å². The monoisotopic (exact) mass is 286 g/mol. The summed E-state index contributed by atoms with van der Waals surface area (Å²) >= 11 is 0. The third-order valence-electron chi connectivity index (χ3n) is 2.07. The van der Waals surface area contributed by atoms with Crippen LogP contribution in [-0.2, 0) is 16.0 Å². The maximum Gasteiger partial charge on any atom is 0.426 e. The topological polar surface area (TPSA) is 67.4 Å². The smallest absolute Gasteiger partial charge is 0.426 e. The molecule has 110 valence electrons. The minimum atomic E-state index is -0.828. The molecule has 0 unspecified atom stereocenters. The molecule has 7 heteroatoms. The molecule has 0 bridgehead atoms. The molecule has 0 aliphatic rings. The van der Waals surface area contributed by atoms with E-state index in [0.717, 1.165) is 12.1 Å². The largest absolute Gasteiger partial charge is 0.443 e. The van der Waals surface area contributed by atoms with Gasteiger partial charge in [-0.25, -0.2) is 19.0 Å². The molecule has 0 heterocycles. The Hall–Kier alpha value is -2.18. The van der Waals surface area contributed by atoms with Crippen LogP contribution in [0.25, 0.3) is 0 Å². The molecule has 5 nitrogen and oxygen atoms in total. The molecule has 1 rings (SSSR count). The Balaban J connectivity index is 2.46. The molecular weight excluding hydrogens is 270 g/mol. The lowest BCUT2D eigenvalue weighted by Crippen LogP contribution is -2.44. The van der Waals surface area contributed by atoms with E-state index >= 15 is 0 Å². The SMILES string of the molecule is CC(C)(C)OC(=O)NNC(=O)Cc1ccc(F)cc1F. The number of nitrogens with one attached hydrogen (secondary N) is 2. The van der Waals surface area contributed by atoms with Crippen molar-refractivity contribution in [1.29, 1.82) is 0 Å². The fourth-order valence-electron chi connectivity index (χ4n) is 1.31. The first kappa shape index (κ1) is 15.9. The van der Waals surface area contributed by atoms with Gasteiger partial charge in [-0.2, -0.15) is 0 Å². The van der Waals surface area contributed by atoms with Gasteiger partial charge in [0, 0.05) is 6.07 Å². The Labute approximate surface area is 115 Å². The van der Waals surface area contributed by atoms with Gasteiger partial charge in [0.1, 0.15) is 17.2 Å². The summed E-state index contributed by atoms with van der Waals surface area (Å²) in [5, 5.41) is 0. The molecule has 0 radical (unpaired) electrons. The maximum absolute atomic E-state index is 13.3. The van der Waals surface area contributed by atoms with Crippen LogP contribution < -0.4 is 10.9 Å². The first-order valence-electron chi connectivity index (χ1n) is 5.89. The first-order valence-corrected chi connectivity index (χ1v) is 5.89. The van der Waals surface area contributed by atoms with Crippen LogP contribution in [0.5, 0.6) is 0 Å². The van der Waals surface area contributed by atoms with Crippen molar-refractivity contribution in [3.63, 3.8) is 0 Å². The standard InChI is InChI=1S/C13H16F2N2O3/c1-13(2,3)20-12(19)17-16-11(18)6-8-4-5-9(14)7-10(8)15/h4-5,7H,6H2,1-3H3,(H,16,18)(H,17,19). The molecule has 0 saturated carbocycles. The van der Waals surface area contributed by atoms with E-state index in [1.807, 2.05) is 5.43 Å². The number of carbonyl (C=O) groups excluding carboxylic acids is 2. The van der Waals surface area contributed by atoms with E-state index in [9.17, 15) is 18.4 Å². The molecule has 20 heavy (non-hydrogen) atoms. The van der Waals surface area contributed by atoms with Gasteiger partial charge in [-0.3, -0.25) is 10.2 Å². The second-order valence-electron chi connectivity index (χ2n) is 5.09. The number of halogens is 2. The van der Waals surface area contributed by atoms with Crippen LogP contribution in [0.15, 0.2) is 18.2 Å². The summed E-state index contributed by atoms with van der Waals surface area (Å²) in [5.41, 5.74) is 3.43. The molecule has 1 aromatic carbocycles. The van der Waals surface area contributed by atoms with E-state index in [-0.39, 0.29) is 12.0 Å². The number of carbonyl (C=O) groups is 2. The van der Waals surface area contributed by atoms with Crippen LogP contribution in [-0.4, -0.2) is 17.6 Å². The highest BCUT2D eigenvalue weighted by Gasteiger charge is 2.16. The van der Waals surface area contributed by atoms with Crippen LogP contribution in [0.1, 0.15) is 26.3 Å². The summed E-state index contributed by atoms with van der Waals surface area (Å²) < 4.78 is 30.9. The molecule has 0 aromatic heterocycles. The second-order valence-corrected chi connectivity index (χ2v) is 5.09. The molecule has 2 N–H and O–H groups in total. The van der Waals surface area contributed by atoms with E-state index in [1.165, 1.54) is 0 Å². The first-order chi connectivity index (χ1) is 9.17. The number of hydrogen-bond acceptors (Lipinski definition) is 3. The van der Waals surface area contributed by atoms with Crippen LogP contribution in [0.3, 0.4) is 0 Å². The summed E-state index contributed by atoms with van der Waals surface area (Å²) in [6.45, 7) is 5.01. The van der Waals surface area contributed by atoms with Crippen molar-refractivity contribution in [2.45, 2.75) is 32.8 Å². The van der Waals surface area contributed by atoms with Crippen LogP contribution in [0.2, 0.25) is 0 Å². The normalized spacial score (nSPS) is 10.8. The zero-order valence-corrected chi connectivity index (χ0v) is 11.4. The molecule has 0 fully saturated rings. The summed E-state index contributed by atoms with van der Waals surface area (Å²) in [7, 11) is 0.